The zero-order valence-corrected chi connectivity index (χ0v) is 16.2. The summed E-state index contributed by atoms with van der Waals surface area (Å²) in [5.41, 5.74) is 0.606. The number of rotatable bonds is 6. The molecule has 0 saturated carbocycles. The Hall–Kier alpha value is -2.88. The van der Waals surface area contributed by atoms with Gasteiger partial charge in [-0.05, 0) is 13.8 Å². The number of carbonyl (C=O) groups excluding carboxylic acids is 1. The fourth-order valence-electron chi connectivity index (χ4n) is 2.75. The molecule has 0 unspecified atom stereocenters. The molecule has 0 bridgehead atoms. The quantitative estimate of drug-likeness (QED) is 0.476. The Morgan fingerprint density at radius 2 is 1.79 bits per heavy atom. The predicted octanol–water partition coefficient (Wildman–Crippen LogP) is 3.98. The maximum Gasteiger partial charge on any atom is 0.227 e. The minimum atomic E-state index is -1.50. The molecule has 11 heteroatoms. The van der Waals surface area contributed by atoms with Crippen LogP contribution in [0.4, 0.5) is 23.4 Å². The summed E-state index contributed by atoms with van der Waals surface area (Å²) in [5.74, 6) is -6.22. The van der Waals surface area contributed by atoms with E-state index in [2.05, 4.69) is 15.5 Å². The van der Waals surface area contributed by atoms with Crippen molar-refractivity contribution in [3.63, 3.8) is 0 Å². The number of aromatic nitrogens is 4. The van der Waals surface area contributed by atoms with Gasteiger partial charge in [-0.2, -0.15) is 10.2 Å². The van der Waals surface area contributed by atoms with Crippen molar-refractivity contribution in [2.75, 3.05) is 5.32 Å². The van der Waals surface area contributed by atoms with Crippen molar-refractivity contribution < 1.29 is 22.4 Å². The number of hydrogen-bond donors (Lipinski definition) is 1. The molecule has 1 aromatic carbocycles. The van der Waals surface area contributed by atoms with Crippen molar-refractivity contribution in [1.29, 1.82) is 0 Å². The minimum absolute atomic E-state index is 0.0868. The molecular weight excluding hydrogens is 414 g/mol. The van der Waals surface area contributed by atoms with Crippen LogP contribution >= 0.6 is 11.6 Å². The zero-order valence-electron chi connectivity index (χ0n) is 15.4. The first-order chi connectivity index (χ1) is 13.7. The largest absolute Gasteiger partial charge is 0.309 e. The third kappa shape index (κ3) is 4.42. The van der Waals surface area contributed by atoms with E-state index in [1.807, 2.05) is 0 Å². The number of nitrogens with one attached hydrogen (secondary N) is 1. The highest BCUT2D eigenvalue weighted by atomic mass is 35.5. The monoisotopic (exact) mass is 429 g/mol. The second-order valence-electron chi connectivity index (χ2n) is 6.35. The van der Waals surface area contributed by atoms with Crippen molar-refractivity contribution in [3.05, 3.63) is 63.6 Å². The molecule has 0 aliphatic carbocycles. The second kappa shape index (κ2) is 8.24. The molecular formula is C18H16ClF4N5O. The molecule has 0 fully saturated rings. The van der Waals surface area contributed by atoms with Crippen LogP contribution in [0.2, 0.25) is 5.02 Å². The Bertz CT molecular complexity index is 1050. The van der Waals surface area contributed by atoms with Crippen molar-refractivity contribution >= 4 is 23.3 Å². The van der Waals surface area contributed by atoms with Gasteiger partial charge in [0.1, 0.15) is 0 Å². The van der Waals surface area contributed by atoms with E-state index in [4.69, 9.17) is 11.6 Å². The lowest BCUT2D eigenvalue weighted by molar-refractivity contribution is -0.116. The van der Waals surface area contributed by atoms with E-state index >= 15 is 0 Å². The van der Waals surface area contributed by atoms with E-state index in [-0.39, 0.29) is 24.2 Å². The Morgan fingerprint density at radius 1 is 1.14 bits per heavy atom. The summed E-state index contributed by atoms with van der Waals surface area (Å²) in [5, 5.41) is 11.2. The number of nitrogens with zero attached hydrogens (tertiary/aromatic N) is 4. The van der Waals surface area contributed by atoms with E-state index in [1.54, 1.807) is 18.5 Å². The molecule has 0 saturated heterocycles. The first kappa shape index (κ1) is 20.8. The molecule has 6 nitrogen and oxygen atoms in total. The summed E-state index contributed by atoms with van der Waals surface area (Å²) in [6.45, 7) is 3.29. The predicted molar refractivity (Wildman–Crippen MR) is 97.6 cm³/mol. The molecule has 1 N–H and O–H groups in total. The normalized spacial score (nSPS) is 11.1. The average Bonchev–Trinajstić information content (AvgIpc) is 3.21. The highest BCUT2D eigenvalue weighted by Crippen LogP contribution is 2.21. The maximum absolute atomic E-state index is 13.8. The number of benzene rings is 1. The smallest absolute Gasteiger partial charge is 0.227 e. The summed E-state index contributed by atoms with van der Waals surface area (Å²) in [7, 11) is 0. The SMILES string of the molecule is Cc1nn(CCC(=O)Nc2ccn(Cc3c(F)c(F)cc(F)c3F)n2)c(C)c1Cl. The minimum Gasteiger partial charge on any atom is -0.309 e. The third-order valence-corrected chi connectivity index (χ3v) is 4.82. The van der Waals surface area contributed by atoms with Crippen LogP contribution in [-0.4, -0.2) is 25.5 Å². The van der Waals surface area contributed by atoms with Gasteiger partial charge in [-0.3, -0.25) is 14.2 Å². The van der Waals surface area contributed by atoms with Gasteiger partial charge < -0.3 is 5.32 Å². The van der Waals surface area contributed by atoms with E-state index in [0.29, 0.717) is 17.3 Å². The summed E-state index contributed by atoms with van der Waals surface area (Å²) in [4.78, 5) is 12.1. The van der Waals surface area contributed by atoms with Crippen LogP contribution in [0.1, 0.15) is 23.4 Å². The molecule has 0 aliphatic heterocycles. The fraction of sp³-hybridized carbons (Fsp3) is 0.278. The molecule has 2 heterocycles. The van der Waals surface area contributed by atoms with E-state index in [9.17, 15) is 22.4 Å². The van der Waals surface area contributed by atoms with E-state index < -0.39 is 35.4 Å². The van der Waals surface area contributed by atoms with Gasteiger partial charge in [0.15, 0.2) is 29.1 Å². The van der Waals surface area contributed by atoms with Gasteiger partial charge in [-0.25, -0.2) is 17.6 Å². The molecule has 0 aliphatic rings. The lowest BCUT2D eigenvalue weighted by Crippen LogP contribution is -2.16. The zero-order chi connectivity index (χ0) is 21.3. The summed E-state index contributed by atoms with van der Waals surface area (Å²) in [6.07, 6.45) is 1.40. The number of hydrogen-bond acceptors (Lipinski definition) is 3. The second-order valence-corrected chi connectivity index (χ2v) is 6.73. The van der Waals surface area contributed by atoms with Crippen LogP contribution in [0.3, 0.4) is 0 Å². The van der Waals surface area contributed by atoms with Gasteiger partial charge in [0.2, 0.25) is 5.91 Å². The molecule has 1 amide bonds. The summed E-state index contributed by atoms with van der Waals surface area (Å²) in [6, 6.07) is 1.53. The Balaban J connectivity index is 1.63. The first-order valence-corrected chi connectivity index (χ1v) is 8.89. The molecule has 3 rings (SSSR count). The van der Waals surface area contributed by atoms with Crippen molar-refractivity contribution in [1.82, 2.24) is 19.6 Å². The Morgan fingerprint density at radius 3 is 2.38 bits per heavy atom. The number of anilines is 1. The average molecular weight is 430 g/mol. The van der Waals surface area contributed by atoms with E-state index in [1.165, 1.54) is 12.3 Å². The lowest BCUT2D eigenvalue weighted by Gasteiger charge is -2.07. The number of halogens is 5. The molecule has 0 radical (unpaired) electrons. The number of carbonyl (C=O) groups is 1. The Kier molecular flexibility index (Phi) is 5.92. The van der Waals surface area contributed by atoms with Crippen LogP contribution in [0.5, 0.6) is 0 Å². The number of amides is 1. The standard InChI is InChI=1S/C18H16ClF4N5O/c1-9-16(19)10(2)28(25-9)6-4-15(29)24-14-3-5-27(26-14)8-11-17(22)12(20)7-13(21)18(11)23/h3,5,7H,4,6,8H2,1-2H3,(H,24,26,29). The fourth-order valence-corrected chi connectivity index (χ4v) is 2.88. The van der Waals surface area contributed by atoms with Gasteiger partial charge in [0, 0.05) is 24.8 Å². The van der Waals surface area contributed by atoms with Gasteiger partial charge in [-0.15, -0.1) is 0 Å². The number of aryl methyl sites for hydroxylation is 2. The molecule has 0 spiro atoms. The van der Waals surface area contributed by atoms with Gasteiger partial charge in [-0.1, -0.05) is 11.6 Å². The van der Waals surface area contributed by atoms with Crippen LogP contribution < -0.4 is 5.32 Å². The summed E-state index contributed by atoms with van der Waals surface area (Å²) >= 11 is 6.06. The van der Waals surface area contributed by atoms with Crippen molar-refractivity contribution in [2.24, 2.45) is 0 Å². The van der Waals surface area contributed by atoms with Gasteiger partial charge >= 0.3 is 0 Å². The Labute approximate surface area is 168 Å². The van der Waals surface area contributed by atoms with Gasteiger partial charge in [0.05, 0.1) is 35.1 Å². The topological polar surface area (TPSA) is 64.7 Å². The highest BCUT2D eigenvalue weighted by Gasteiger charge is 2.20. The van der Waals surface area contributed by atoms with Crippen molar-refractivity contribution in [3.8, 4) is 0 Å². The van der Waals surface area contributed by atoms with E-state index in [0.717, 1.165) is 10.4 Å². The van der Waals surface area contributed by atoms with Crippen LogP contribution in [0.25, 0.3) is 0 Å². The molecule has 2 aromatic heterocycles. The highest BCUT2D eigenvalue weighted by molar-refractivity contribution is 6.31. The van der Waals surface area contributed by atoms with Crippen LogP contribution in [0.15, 0.2) is 18.3 Å². The maximum atomic E-state index is 13.8. The molecule has 154 valence electrons. The first-order valence-electron chi connectivity index (χ1n) is 8.52. The van der Waals surface area contributed by atoms with Gasteiger partial charge in [0.25, 0.3) is 0 Å². The van der Waals surface area contributed by atoms with Crippen LogP contribution in [-0.2, 0) is 17.9 Å². The molecule has 0 atom stereocenters. The summed E-state index contributed by atoms with van der Waals surface area (Å²) < 4.78 is 56.8. The lowest BCUT2D eigenvalue weighted by atomic mass is 10.2. The molecule has 3 aromatic rings. The van der Waals surface area contributed by atoms with Crippen molar-refractivity contribution in [2.45, 2.75) is 33.4 Å². The molecule has 29 heavy (non-hydrogen) atoms. The van der Waals surface area contributed by atoms with Crippen LogP contribution in [0, 0.1) is 37.1 Å². The third-order valence-electron chi connectivity index (χ3n) is 4.27.